The van der Waals surface area contributed by atoms with E-state index in [0.29, 0.717) is 5.92 Å². The summed E-state index contributed by atoms with van der Waals surface area (Å²) in [6.07, 6.45) is 0. The van der Waals surface area contributed by atoms with Crippen molar-refractivity contribution in [2.45, 2.75) is 26.6 Å². The van der Waals surface area contributed by atoms with E-state index in [2.05, 4.69) is 27.4 Å². The molecule has 1 aliphatic rings. The molecule has 2 radical (unpaired) electrons. The highest BCUT2D eigenvalue weighted by molar-refractivity contribution is 6.14. The lowest BCUT2D eigenvalue weighted by atomic mass is 9.66. The highest BCUT2D eigenvalue weighted by Gasteiger charge is 2.45. The van der Waals surface area contributed by atoms with Crippen LogP contribution in [0.15, 0.2) is 12.2 Å². The molecule has 0 aromatic carbocycles. The van der Waals surface area contributed by atoms with Gasteiger partial charge in [0.25, 0.3) is 0 Å². The van der Waals surface area contributed by atoms with Crippen LogP contribution in [0.3, 0.4) is 0 Å². The molecule has 0 spiro atoms. The van der Waals surface area contributed by atoms with Crippen LogP contribution in [-0.2, 0) is 0 Å². The van der Waals surface area contributed by atoms with Crippen molar-refractivity contribution in [3.63, 3.8) is 0 Å². The lowest BCUT2D eigenvalue weighted by Crippen LogP contribution is -2.23. The van der Waals surface area contributed by atoms with Crippen LogP contribution in [0.2, 0.25) is 5.82 Å². The topological polar surface area (TPSA) is 20.2 Å². The van der Waals surface area contributed by atoms with Crippen LogP contribution in [0.1, 0.15) is 20.8 Å². The first-order valence-corrected chi connectivity index (χ1v) is 4.48. The van der Waals surface area contributed by atoms with Gasteiger partial charge in [0.1, 0.15) is 0 Å². The summed E-state index contributed by atoms with van der Waals surface area (Å²) in [5, 5.41) is 9.14. The minimum absolute atomic E-state index is 0.0321. The molecule has 66 valence electrons. The van der Waals surface area contributed by atoms with Crippen molar-refractivity contribution in [3.8, 4) is 0 Å². The normalized spacial score (nSPS) is 40.3. The molecule has 1 rings (SSSR count). The van der Waals surface area contributed by atoms with Gasteiger partial charge in [-0.25, -0.2) is 0 Å². The fourth-order valence-corrected chi connectivity index (χ4v) is 2.11. The molecular weight excluding hydrogens is 147 g/mol. The Morgan fingerprint density at radius 1 is 1.58 bits per heavy atom. The summed E-state index contributed by atoms with van der Waals surface area (Å²) in [5.41, 5.74) is 1.08. The maximum atomic E-state index is 9.14. The van der Waals surface area contributed by atoms with Crippen LogP contribution < -0.4 is 0 Å². The zero-order chi connectivity index (χ0) is 9.52. The van der Waals surface area contributed by atoms with Crippen molar-refractivity contribution in [2.75, 3.05) is 6.61 Å². The summed E-state index contributed by atoms with van der Waals surface area (Å²) in [7, 11) is 6.00. The van der Waals surface area contributed by atoms with Crippen molar-refractivity contribution in [1.29, 1.82) is 0 Å². The van der Waals surface area contributed by atoms with Gasteiger partial charge < -0.3 is 5.11 Å². The molecule has 0 saturated heterocycles. The van der Waals surface area contributed by atoms with Gasteiger partial charge in [0.2, 0.25) is 0 Å². The second kappa shape index (κ2) is 2.92. The summed E-state index contributed by atoms with van der Waals surface area (Å²) < 4.78 is 0. The Morgan fingerprint density at radius 2 is 2.08 bits per heavy atom. The molecule has 0 unspecified atom stereocenters. The van der Waals surface area contributed by atoms with E-state index in [1.165, 1.54) is 0 Å². The maximum Gasteiger partial charge on any atom is 0.0766 e. The first kappa shape index (κ1) is 9.85. The second-order valence-corrected chi connectivity index (χ2v) is 4.45. The van der Waals surface area contributed by atoms with Gasteiger partial charge in [-0.3, -0.25) is 0 Å². The van der Waals surface area contributed by atoms with E-state index in [1.54, 1.807) is 0 Å². The molecule has 0 bridgehead atoms. The number of aliphatic hydroxyl groups is 1. The Bertz CT molecular complexity index is 198. The van der Waals surface area contributed by atoms with Gasteiger partial charge in [-0.15, -0.1) is 0 Å². The second-order valence-electron chi connectivity index (χ2n) is 4.45. The molecule has 2 heteroatoms. The lowest BCUT2D eigenvalue weighted by molar-refractivity contribution is 0.170. The van der Waals surface area contributed by atoms with Crippen LogP contribution in [0, 0.1) is 17.3 Å². The Labute approximate surface area is 76.3 Å². The minimum Gasteiger partial charge on any atom is -0.396 e. The summed E-state index contributed by atoms with van der Waals surface area (Å²) >= 11 is 0. The lowest BCUT2D eigenvalue weighted by Gasteiger charge is -2.29. The fraction of sp³-hybridized carbons (Fsp3) is 0.800. The molecule has 12 heavy (non-hydrogen) atoms. The Hall–Kier alpha value is -0.235. The minimum atomic E-state index is 0.0321. The molecule has 3 atom stereocenters. The van der Waals surface area contributed by atoms with E-state index >= 15 is 0 Å². The highest BCUT2D eigenvalue weighted by atomic mass is 16.3. The zero-order valence-corrected chi connectivity index (χ0v) is 8.17. The molecular formula is C10H17BO. The van der Waals surface area contributed by atoms with E-state index in [9.17, 15) is 0 Å². The predicted molar refractivity (Wildman–Crippen MR) is 52.2 cm³/mol. The first-order chi connectivity index (χ1) is 5.42. The number of aliphatic hydroxyl groups excluding tert-OH is 1. The Morgan fingerprint density at radius 3 is 2.25 bits per heavy atom. The van der Waals surface area contributed by atoms with Crippen molar-refractivity contribution < 1.29 is 5.11 Å². The van der Waals surface area contributed by atoms with Gasteiger partial charge >= 0.3 is 0 Å². The van der Waals surface area contributed by atoms with Gasteiger partial charge in [0.05, 0.1) is 7.85 Å². The van der Waals surface area contributed by atoms with E-state index in [4.69, 9.17) is 13.0 Å². The third-order valence-electron chi connectivity index (χ3n) is 3.65. The van der Waals surface area contributed by atoms with Gasteiger partial charge in [0, 0.05) is 12.5 Å². The number of hydrogen-bond acceptors (Lipinski definition) is 1. The van der Waals surface area contributed by atoms with Crippen molar-refractivity contribution in [2.24, 2.45) is 17.3 Å². The molecule has 1 fully saturated rings. The molecule has 0 heterocycles. The quantitative estimate of drug-likeness (QED) is 0.462. The summed E-state index contributed by atoms with van der Waals surface area (Å²) in [6.45, 7) is 10.5. The van der Waals surface area contributed by atoms with E-state index in [-0.39, 0.29) is 23.8 Å². The molecule has 0 aromatic heterocycles. The smallest absolute Gasteiger partial charge is 0.0766 e. The SMILES string of the molecule is [B][C@@H]1C(=C)[C@H](CO)[C@@H](C)C1(C)C. The zero-order valence-electron chi connectivity index (χ0n) is 8.17. The molecule has 0 aliphatic heterocycles. The standard InChI is InChI=1S/C10H17BO/c1-6-8(5-12)7(2)10(3,4)9(6)11/h7-9,12H,1,5H2,2-4H3/t7-,8+,9-/m1/s1. The summed E-state index contributed by atoms with van der Waals surface area (Å²) in [5.74, 6) is 0.643. The Balaban J connectivity index is 2.94. The maximum absolute atomic E-state index is 9.14. The Kier molecular flexibility index (Phi) is 2.39. The number of hydrogen-bond donors (Lipinski definition) is 1. The van der Waals surface area contributed by atoms with Crippen LogP contribution in [-0.4, -0.2) is 19.6 Å². The molecule has 1 aliphatic carbocycles. The highest BCUT2D eigenvalue weighted by Crippen LogP contribution is 2.54. The third-order valence-corrected chi connectivity index (χ3v) is 3.65. The van der Waals surface area contributed by atoms with Crippen LogP contribution in [0.25, 0.3) is 0 Å². The monoisotopic (exact) mass is 164 g/mol. The van der Waals surface area contributed by atoms with Gasteiger partial charge in [-0.1, -0.05) is 38.7 Å². The average Bonchev–Trinajstić information content (AvgIpc) is 2.15. The molecule has 1 nitrogen and oxygen atoms in total. The van der Waals surface area contributed by atoms with Gasteiger partial charge in [-0.2, -0.15) is 0 Å². The van der Waals surface area contributed by atoms with Crippen LogP contribution in [0.4, 0.5) is 0 Å². The fourth-order valence-electron chi connectivity index (χ4n) is 2.11. The van der Waals surface area contributed by atoms with Crippen molar-refractivity contribution in [3.05, 3.63) is 12.2 Å². The largest absolute Gasteiger partial charge is 0.396 e. The molecule has 0 aromatic rings. The molecule has 1 saturated carbocycles. The molecule has 1 N–H and O–H groups in total. The van der Waals surface area contributed by atoms with Crippen molar-refractivity contribution >= 4 is 7.85 Å². The van der Waals surface area contributed by atoms with Gasteiger partial charge in [0.15, 0.2) is 0 Å². The van der Waals surface area contributed by atoms with E-state index < -0.39 is 0 Å². The number of rotatable bonds is 1. The van der Waals surface area contributed by atoms with E-state index in [1.807, 2.05) is 0 Å². The van der Waals surface area contributed by atoms with Gasteiger partial charge in [-0.05, 0) is 11.3 Å². The average molecular weight is 164 g/mol. The van der Waals surface area contributed by atoms with Crippen molar-refractivity contribution in [1.82, 2.24) is 0 Å². The third kappa shape index (κ3) is 1.13. The van der Waals surface area contributed by atoms with Crippen LogP contribution >= 0.6 is 0 Å². The van der Waals surface area contributed by atoms with Crippen LogP contribution in [0.5, 0.6) is 0 Å². The van der Waals surface area contributed by atoms with E-state index in [0.717, 1.165) is 5.57 Å². The summed E-state index contributed by atoms with van der Waals surface area (Å²) in [4.78, 5) is 0. The predicted octanol–water partition coefficient (Wildman–Crippen LogP) is 1.78. The summed E-state index contributed by atoms with van der Waals surface area (Å²) in [6, 6.07) is 0. The molecule has 0 amide bonds. The first-order valence-electron chi connectivity index (χ1n) is 4.48.